The van der Waals surface area contributed by atoms with Gasteiger partial charge in [0.2, 0.25) is 0 Å². The summed E-state index contributed by atoms with van der Waals surface area (Å²) in [6.45, 7) is 0. The first-order chi connectivity index (χ1) is 4.37. The SMILES string of the molecule is CN(C)C(O)=S.NC(O)=S.O.O. The van der Waals surface area contributed by atoms with E-state index >= 15 is 0 Å². The van der Waals surface area contributed by atoms with Crippen LogP contribution in [-0.4, -0.2) is 50.5 Å². The van der Waals surface area contributed by atoms with Crippen molar-refractivity contribution < 1.29 is 21.2 Å². The Labute approximate surface area is 81.2 Å². The summed E-state index contributed by atoms with van der Waals surface area (Å²) in [7, 11) is 3.37. The van der Waals surface area contributed by atoms with E-state index in [0.29, 0.717) is 0 Å². The van der Waals surface area contributed by atoms with Gasteiger partial charge < -0.3 is 31.8 Å². The summed E-state index contributed by atoms with van der Waals surface area (Å²) in [4.78, 5) is 1.45. The highest BCUT2D eigenvalue weighted by Gasteiger charge is 1.86. The molecule has 0 aliphatic rings. The zero-order chi connectivity index (χ0) is 8.73. The van der Waals surface area contributed by atoms with Gasteiger partial charge >= 0.3 is 0 Å². The molecule has 8 heteroatoms. The molecule has 0 fully saturated rings. The molecule has 0 unspecified atom stereocenters. The van der Waals surface area contributed by atoms with Crippen molar-refractivity contribution in [3.05, 3.63) is 0 Å². The first-order valence-corrected chi connectivity index (χ1v) is 3.08. The maximum absolute atomic E-state index is 8.29. The van der Waals surface area contributed by atoms with Gasteiger partial charge in [0.05, 0.1) is 0 Å². The van der Waals surface area contributed by atoms with E-state index in [0.717, 1.165) is 0 Å². The smallest absolute Gasteiger partial charge is 0.256 e. The van der Waals surface area contributed by atoms with Gasteiger partial charge in [0.1, 0.15) is 0 Å². The molecule has 6 nitrogen and oxygen atoms in total. The molecule has 0 aromatic carbocycles. The lowest BCUT2D eigenvalue weighted by Gasteiger charge is -2.03. The second-order valence-corrected chi connectivity index (χ2v) is 2.30. The second-order valence-electron chi connectivity index (χ2n) is 1.52. The monoisotopic (exact) mass is 218 g/mol. The van der Waals surface area contributed by atoms with Crippen LogP contribution >= 0.6 is 24.4 Å². The van der Waals surface area contributed by atoms with E-state index in [4.69, 9.17) is 10.2 Å². The van der Waals surface area contributed by atoms with Crippen molar-refractivity contribution in [3.8, 4) is 0 Å². The van der Waals surface area contributed by atoms with E-state index in [2.05, 4.69) is 30.2 Å². The van der Waals surface area contributed by atoms with Crippen molar-refractivity contribution in [2.45, 2.75) is 0 Å². The Morgan fingerprint density at radius 2 is 1.25 bits per heavy atom. The summed E-state index contributed by atoms with van der Waals surface area (Å²) in [5.41, 5.74) is 4.40. The number of nitrogens with zero attached hydrogens (tertiary/aromatic N) is 1. The summed E-state index contributed by atoms with van der Waals surface area (Å²) < 4.78 is 0. The highest BCUT2D eigenvalue weighted by atomic mass is 32.1. The maximum Gasteiger partial charge on any atom is 0.256 e. The van der Waals surface area contributed by atoms with E-state index in [1.54, 1.807) is 14.1 Å². The Bertz CT molecular complexity index is 126. The third-order valence-corrected chi connectivity index (χ3v) is 0.748. The van der Waals surface area contributed by atoms with Gasteiger partial charge in [-0.2, -0.15) is 0 Å². The highest BCUT2D eigenvalue weighted by Crippen LogP contribution is 1.71. The molecule has 0 rings (SSSR count). The fourth-order valence-electron chi connectivity index (χ4n) is 0. The van der Waals surface area contributed by atoms with Crippen LogP contribution in [0.3, 0.4) is 0 Å². The number of rotatable bonds is 0. The van der Waals surface area contributed by atoms with E-state index in [9.17, 15) is 0 Å². The van der Waals surface area contributed by atoms with E-state index in [1.165, 1.54) is 4.90 Å². The van der Waals surface area contributed by atoms with Crippen LogP contribution in [0.15, 0.2) is 0 Å². The van der Waals surface area contributed by atoms with E-state index in [-0.39, 0.29) is 16.1 Å². The molecular formula is C4H14N2O4S2. The number of aliphatic hydroxyl groups excluding tert-OH is 2. The molecular weight excluding hydrogens is 204 g/mol. The number of thiocarbonyl (C=S) groups is 2. The molecule has 8 N–H and O–H groups in total. The van der Waals surface area contributed by atoms with Crippen LogP contribution in [0, 0.1) is 0 Å². The standard InChI is InChI=1S/C3H7NOS.CH3NOS.2H2O/c1-4(2)3(5)6;2-1(3)4;;/h1-2H3,(H,5,6);(H3,2,3,4);2*1H2. The average Bonchev–Trinajstić information content (AvgIpc) is 1.63. The topological polar surface area (TPSA) is 133 Å². The highest BCUT2D eigenvalue weighted by molar-refractivity contribution is 7.80. The maximum atomic E-state index is 8.29. The molecule has 0 aliphatic heterocycles. The van der Waals surface area contributed by atoms with Gasteiger partial charge in [-0.1, -0.05) is 0 Å². The summed E-state index contributed by atoms with van der Waals surface area (Å²) in [5, 5.41) is 15.3. The van der Waals surface area contributed by atoms with Crippen LogP contribution in [0.1, 0.15) is 0 Å². The van der Waals surface area contributed by atoms with Gasteiger partial charge in [-0.05, 0) is 24.4 Å². The Morgan fingerprint density at radius 1 is 1.17 bits per heavy atom. The predicted molar refractivity (Wildman–Crippen MR) is 55.6 cm³/mol. The molecule has 0 aromatic rings. The average molecular weight is 218 g/mol. The molecule has 0 spiro atoms. The Morgan fingerprint density at radius 3 is 1.25 bits per heavy atom. The molecule has 0 aliphatic carbocycles. The molecule has 0 radical (unpaired) electrons. The molecule has 0 aromatic heterocycles. The van der Waals surface area contributed by atoms with Crippen molar-refractivity contribution >= 4 is 34.8 Å². The number of hydrogen-bond acceptors (Lipinski definition) is 2. The van der Waals surface area contributed by atoms with Crippen molar-refractivity contribution in [3.63, 3.8) is 0 Å². The molecule has 0 heterocycles. The van der Waals surface area contributed by atoms with Crippen LogP contribution in [0.4, 0.5) is 0 Å². The van der Waals surface area contributed by atoms with Crippen molar-refractivity contribution in [1.29, 1.82) is 0 Å². The summed E-state index contributed by atoms with van der Waals surface area (Å²) in [6.07, 6.45) is 0. The van der Waals surface area contributed by atoms with E-state index < -0.39 is 5.17 Å². The van der Waals surface area contributed by atoms with Gasteiger partial charge in [0.15, 0.2) is 0 Å². The summed E-state index contributed by atoms with van der Waals surface area (Å²) >= 11 is 8.17. The Balaban J connectivity index is -0.0000000483. The summed E-state index contributed by atoms with van der Waals surface area (Å²) in [5.74, 6) is 0. The van der Waals surface area contributed by atoms with Crippen molar-refractivity contribution in [1.82, 2.24) is 4.90 Å². The Kier molecular flexibility index (Phi) is 24.2. The third kappa shape index (κ3) is 58.8. The van der Waals surface area contributed by atoms with Crippen molar-refractivity contribution in [2.75, 3.05) is 14.1 Å². The van der Waals surface area contributed by atoms with Gasteiger partial charge in [-0.15, -0.1) is 0 Å². The summed E-state index contributed by atoms with van der Waals surface area (Å²) in [6, 6.07) is 0. The quantitative estimate of drug-likeness (QED) is 0.425. The lowest BCUT2D eigenvalue weighted by molar-refractivity contribution is 0.442. The van der Waals surface area contributed by atoms with Gasteiger partial charge in [-0.3, -0.25) is 0 Å². The van der Waals surface area contributed by atoms with Crippen LogP contribution in [0.2, 0.25) is 0 Å². The first kappa shape index (κ1) is 22.5. The molecule has 0 bridgehead atoms. The van der Waals surface area contributed by atoms with Crippen LogP contribution in [0.5, 0.6) is 0 Å². The molecule has 0 atom stereocenters. The fourth-order valence-corrected chi connectivity index (χ4v) is 0. The zero-order valence-corrected chi connectivity index (χ0v) is 8.37. The molecule has 0 saturated heterocycles. The normalized spacial score (nSPS) is 5.83. The number of hydrogen-bond donors (Lipinski definition) is 3. The third-order valence-electron chi connectivity index (χ3n) is 0.383. The molecule has 0 saturated carbocycles. The zero-order valence-electron chi connectivity index (χ0n) is 6.74. The van der Waals surface area contributed by atoms with Crippen LogP contribution in [0.25, 0.3) is 0 Å². The fraction of sp³-hybridized carbons (Fsp3) is 0.500. The predicted octanol–water partition coefficient (Wildman–Crippen LogP) is -1.47. The molecule has 0 amide bonds. The minimum absolute atomic E-state index is 0. The van der Waals surface area contributed by atoms with Crippen LogP contribution in [-0.2, 0) is 0 Å². The lowest BCUT2D eigenvalue weighted by atomic mass is 10.9. The minimum atomic E-state index is -0.500. The van der Waals surface area contributed by atoms with Gasteiger partial charge in [0.25, 0.3) is 10.3 Å². The van der Waals surface area contributed by atoms with Crippen LogP contribution < -0.4 is 5.73 Å². The number of aliphatic hydroxyl groups is 2. The Hall–Kier alpha value is -0.700. The van der Waals surface area contributed by atoms with Crippen molar-refractivity contribution in [2.24, 2.45) is 5.73 Å². The lowest BCUT2D eigenvalue weighted by Crippen LogP contribution is -2.17. The van der Waals surface area contributed by atoms with Gasteiger partial charge in [-0.25, -0.2) is 0 Å². The van der Waals surface area contributed by atoms with E-state index in [1.807, 2.05) is 0 Å². The molecule has 12 heavy (non-hydrogen) atoms. The minimum Gasteiger partial charge on any atom is -0.487 e. The number of nitrogens with two attached hydrogens (primary N) is 1. The second kappa shape index (κ2) is 12.9. The largest absolute Gasteiger partial charge is 0.487 e. The first-order valence-electron chi connectivity index (χ1n) is 2.26. The van der Waals surface area contributed by atoms with Gasteiger partial charge in [0, 0.05) is 14.1 Å². The molecule has 76 valence electrons.